The SMILES string of the molecule is CCOC(=O)C(C)(NCCN(C)C)c1cccc(Cl)c1Cl. The van der Waals surface area contributed by atoms with E-state index in [2.05, 4.69) is 5.32 Å². The van der Waals surface area contributed by atoms with E-state index in [4.69, 9.17) is 27.9 Å². The van der Waals surface area contributed by atoms with Crippen molar-refractivity contribution >= 4 is 29.2 Å². The molecule has 1 aromatic carbocycles. The van der Waals surface area contributed by atoms with Crippen molar-refractivity contribution in [3.63, 3.8) is 0 Å². The van der Waals surface area contributed by atoms with Crippen molar-refractivity contribution < 1.29 is 9.53 Å². The van der Waals surface area contributed by atoms with Crippen LogP contribution >= 0.6 is 23.2 Å². The Morgan fingerprint density at radius 1 is 1.38 bits per heavy atom. The summed E-state index contributed by atoms with van der Waals surface area (Å²) in [4.78, 5) is 14.4. The van der Waals surface area contributed by atoms with Crippen LogP contribution in [0.4, 0.5) is 0 Å². The van der Waals surface area contributed by atoms with E-state index in [1.165, 1.54) is 0 Å². The molecule has 0 heterocycles. The van der Waals surface area contributed by atoms with E-state index in [0.29, 0.717) is 28.8 Å². The average Bonchev–Trinajstić information content (AvgIpc) is 2.41. The minimum absolute atomic E-state index is 0.308. The number of halogens is 2. The highest BCUT2D eigenvalue weighted by Crippen LogP contribution is 2.34. The molecule has 0 aliphatic heterocycles. The molecule has 1 N–H and O–H groups in total. The van der Waals surface area contributed by atoms with Crippen molar-refractivity contribution in [1.82, 2.24) is 10.2 Å². The van der Waals surface area contributed by atoms with Crippen LogP contribution in [-0.2, 0) is 15.1 Å². The zero-order valence-corrected chi connectivity index (χ0v) is 14.4. The van der Waals surface area contributed by atoms with Gasteiger partial charge in [0.2, 0.25) is 0 Å². The Balaban J connectivity index is 3.11. The molecule has 0 spiro atoms. The molecule has 0 aliphatic rings. The number of nitrogens with zero attached hydrogens (tertiary/aromatic N) is 1. The quantitative estimate of drug-likeness (QED) is 0.779. The fourth-order valence-electron chi connectivity index (χ4n) is 1.97. The molecule has 1 aromatic rings. The maximum absolute atomic E-state index is 12.4. The predicted molar refractivity (Wildman–Crippen MR) is 87.0 cm³/mol. The third-order valence-electron chi connectivity index (χ3n) is 3.21. The molecule has 21 heavy (non-hydrogen) atoms. The zero-order valence-electron chi connectivity index (χ0n) is 12.9. The maximum atomic E-state index is 12.4. The van der Waals surface area contributed by atoms with E-state index in [1.54, 1.807) is 32.0 Å². The maximum Gasteiger partial charge on any atom is 0.330 e. The highest BCUT2D eigenvalue weighted by molar-refractivity contribution is 6.42. The van der Waals surface area contributed by atoms with Gasteiger partial charge in [0.1, 0.15) is 5.54 Å². The van der Waals surface area contributed by atoms with E-state index in [0.717, 1.165) is 6.54 Å². The third-order valence-corrected chi connectivity index (χ3v) is 4.03. The monoisotopic (exact) mass is 332 g/mol. The van der Waals surface area contributed by atoms with Gasteiger partial charge in [0.25, 0.3) is 0 Å². The number of nitrogens with one attached hydrogen (secondary N) is 1. The van der Waals surface area contributed by atoms with Crippen LogP contribution in [-0.4, -0.2) is 44.7 Å². The number of rotatable bonds is 7. The summed E-state index contributed by atoms with van der Waals surface area (Å²) in [5.74, 6) is -0.368. The summed E-state index contributed by atoms with van der Waals surface area (Å²) < 4.78 is 5.20. The fourth-order valence-corrected chi connectivity index (χ4v) is 2.46. The number of esters is 1. The molecule has 118 valence electrons. The van der Waals surface area contributed by atoms with E-state index in [1.807, 2.05) is 19.0 Å². The molecule has 1 unspecified atom stereocenters. The van der Waals surface area contributed by atoms with E-state index in [9.17, 15) is 4.79 Å². The van der Waals surface area contributed by atoms with Crippen molar-refractivity contribution in [3.8, 4) is 0 Å². The van der Waals surface area contributed by atoms with Crippen molar-refractivity contribution in [3.05, 3.63) is 33.8 Å². The van der Waals surface area contributed by atoms with E-state index < -0.39 is 5.54 Å². The smallest absolute Gasteiger partial charge is 0.330 e. The van der Waals surface area contributed by atoms with Crippen LogP contribution in [0, 0.1) is 0 Å². The standard InChI is InChI=1S/C15H22Cl2N2O2/c1-5-21-14(20)15(2,18-9-10-19(3)4)11-7-6-8-12(16)13(11)17/h6-8,18H,5,9-10H2,1-4H3. The van der Waals surface area contributed by atoms with Gasteiger partial charge in [-0.1, -0.05) is 35.3 Å². The second kappa shape index (κ2) is 7.99. The molecule has 0 saturated carbocycles. The normalized spacial score (nSPS) is 14.0. The van der Waals surface area contributed by atoms with Crippen LogP contribution in [0.2, 0.25) is 10.0 Å². The Labute approximate surface area is 136 Å². The van der Waals surface area contributed by atoms with Crippen LogP contribution in [0.15, 0.2) is 18.2 Å². The predicted octanol–water partition coefficient (Wildman–Crippen LogP) is 2.92. The molecule has 1 atom stereocenters. The lowest BCUT2D eigenvalue weighted by Crippen LogP contribution is -2.49. The van der Waals surface area contributed by atoms with Gasteiger partial charge in [0.15, 0.2) is 0 Å². The average molecular weight is 333 g/mol. The summed E-state index contributed by atoms with van der Waals surface area (Å²) in [5.41, 5.74) is -0.414. The van der Waals surface area contributed by atoms with Gasteiger partial charge in [-0.2, -0.15) is 0 Å². The van der Waals surface area contributed by atoms with Crippen LogP contribution in [0.5, 0.6) is 0 Å². The first-order chi connectivity index (χ1) is 9.82. The van der Waals surface area contributed by atoms with Crippen molar-refractivity contribution in [1.29, 1.82) is 0 Å². The Morgan fingerprint density at radius 2 is 2.05 bits per heavy atom. The topological polar surface area (TPSA) is 41.6 Å². The summed E-state index contributed by atoms with van der Waals surface area (Å²) >= 11 is 12.3. The van der Waals surface area contributed by atoms with Crippen LogP contribution in [0.1, 0.15) is 19.4 Å². The number of benzene rings is 1. The number of likely N-dealkylation sites (N-methyl/N-ethyl adjacent to an activating group) is 1. The van der Waals surface area contributed by atoms with Crippen LogP contribution in [0.3, 0.4) is 0 Å². The van der Waals surface area contributed by atoms with Crippen molar-refractivity contribution in [2.24, 2.45) is 0 Å². The first-order valence-corrected chi connectivity index (χ1v) is 7.60. The molecule has 6 heteroatoms. The van der Waals surface area contributed by atoms with Gasteiger partial charge in [-0.05, 0) is 34.0 Å². The minimum atomic E-state index is -1.03. The summed E-state index contributed by atoms with van der Waals surface area (Å²) in [6, 6.07) is 5.25. The molecule has 0 saturated heterocycles. The second-order valence-electron chi connectivity index (χ2n) is 5.18. The first kappa shape index (κ1) is 18.2. The summed E-state index contributed by atoms with van der Waals surface area (Å²) in [5, 5.41) is 4.02. The van der Waals surface area contributed by atoms with E-state index in [-0.39, 0.29) is 5.97 Å². The third kappa shape index (κ3) is 4.58. The Morgan fingerprint density at radius 3 is 2.62 bits per heavy atom. The van der Waals surface area contributed by atoms with Gasteiger partial charge < -0.3 is 9.64 Å². The molecule has 0 bridgehead atoms. The van der Waals surface area contributed by atoms with Crippen molar-refractivity contribution in [2.45, 2.75) is 19.4 Å². The summed E-state index contributed by atoms with van der Waals surface area (Å²) in [7, 11) is 3.94. The number of carbonyl (C=O) groups excluding carboxylic acids is 1. The van der Waals surface area contributed by atoms with E-state index >= 15 is 0 Å². The van der Waals surface area contributed by atoms with Crippen molar-refractivity contribution in [2.75, 3.05) is 33.8 Å². The molecule has 0 amide bonds. The molecular formula is C15H22Cl2N2O2. The van der Waals surface area contributed by atoms with Gasteiger partial charge in [0.05, 0.1) is 16.7 Å². The molecule has 0 aromatic heterocycles. The lowest BCUT2D eigenvalue weighted by atomic mass is 9.91. The van der Waals surface area contributed by atoms with Gasteiger partial charge >= 0.3 is 5.97 Å². The zero-order chi connectivity index (χ0) is 16.0. The molecule has 0 radical (unpaired) electrons. The van der Waals surface area contributed by atoms with Crippen LogP contribution < -0.4 is 5.32 Å². The molecular weight excluding hydrogens is 311 g/mol. The summed E-state index contributed by atoms with van der Waals surface area (Å²) in [6.45, 7) is 5.25. The number of ether oxygens (including phenoxy) is 1. The Bertz CT molecular complexity index is 495. The Kier molecular flexibility index (Phi) is 6.94. The number of hydrogen-bond acceptors (Lipinski definition) is 4. The highest BCUT2D eigenvalue weighted by atomic mass is 35.5. The van der Waals surface area contributed by atoms with Gasteiger partial charge in [-0.15, -0.1) is 0 Å². The first-order valence-electron chi connectivity index (χ1n) is 6.84. The molecule has 0 aliphatic carbocycles. The number of carbonyl (C=O) groups is 1. The fraction of sp³-hybridized carbons (Fsp3) is 0.533. The molecule has 1 rings (SSSR count). The van der Waals surface area contributed by atoms with Crippen LogP contribution in [0.25, 0.3) is 0 Å². The largest absolute Gasteiger partial charge is 0.464 e. The minimum Gasteiger partial charge on any atom is -0.464 e. The lowest BCUT2D eigenvalue weighted by molar-refractivity contribution is -0.151. The van der Waals surface area contributed by atoms with Gasteiger partial charge in [-0.25, -0.2) is 4.79 Å². The van der Waals surface area contributed by atoms with Gasteiger partial charge in [0, 0.05) is 18.7 Å². The molecule has 0 fully saturated rings. The Hall–Kier alpha value is -0.810. The van der Waals surface area contributed by atoms with Gasteiger partial charge in [-0.3, -0.25) is 5.32 Å². The number of hydrogen-bond donors (Lipinski definition) is 1. The lowest BCUT2D eigenvalue weighted by Gasteiger charge is -2.30. The summed E-state index contributed by atoms with van der Waals surface area (Å²) in [6.07, 6.45) is 0. The molecule has 4 nitrogen and oxygen atoms in total. The highest BCUT2D eigenvalue weighted by Gasteiger charge is 2.38. The second-order valence-corrected chi connectivity index (χ2v) is 5.96.